The normalized spacial score (nSPS) is 15.2. The van der Waals surface area contributed by atoms with Crippen LogP contribution in [0.5, 0.6) is 5.75 Å². The van der Waals surface area contributed by atoms with Crippen molar-refractivity contribution < 1.29 is 17.9 Å². The topological polar surface area (TPSA) is 47.4 Å². The van der Waals surface area contributed by atoms with E-state index in [1.54, 1.807) is 42.5 Å². The molecule has 1 aliphatic rings. The smallest absolute Gasteiger partial charge is 0.406 e. The number of halogens is 3. The van der Waals surface area contributed by atoms with Crippen molar-refractivity contribution >= 4 is 10.9 Å². The number of para-hydroxylation sites is 1. The lowest BCUT2D eigenvalue weighted by molar-refractivity contribution is -0.140. The first kappa shape index (κ1) is 22.3. The fraction of sp³-hybridized carbons (Fsp3) is 0.417. The maximum atomic E-state index is 13.2. The lowest BCUT2D eigenvalue weighted by Crippen LogP contribution is -2.31. The molecule has 3 aromatic rings. The van der Waals surface area contributed by atoms with Crippen LogP contribution in [0.1, 0.15) is 25.7 Å². The minimum absolute atomic E-state index is 0.0114. The highest BCUT2D eigenvalue weighted by atomic mass is 19.4. The average Bonchev–Trinajstić information content (AvgIpc) is 2.79. The van der Waals surface area contributed by atoms with Gasteiger partial charge in [-0.05, 0) is 68.8 Å². The molecule has 1 aromatic heterocycles. The van der Waals surface area contributed by atoms with Crippen LogP contribution in [0.25, 0.3) is 22.3 Å². The molecule has 2 heterocycles. The van der Waals surface area contributed by atoms with Gasteiger partial charge in [0.05, 0.1) is 17.5 Å². The Morgan fingerprint density at radius 1 is 0.969 bits per heavy atom. The summed E-state index contributed by atoms with van der Waals surface area (Å²) in [7, 11) is 0. The number of hydrogen-bond acceptors (Lipinski definition) is 4. The van der Waals surface area contributed by atoms with E-state index >= 15 is 0 Å². The van der Waals surface area contributed by atoms with E-state index < -0.39 is 18.3 Å². The van der Waals surface area contributed by atoms with Crippen LogP contribution in [-0.2, 0) is 6.54 Å². The van der Waals surface area contributed by atoms with Gasteiger partial charge in [0.25, 0.3) is 5.56 Å². The van der Waals surface area contributed by atoms with Gasteiger partial charge in [0.15, 0.2) is 0 Å². The number of benzene rings is 2. The number of piperidine rings is 1. The van der Waals surface area contributed by atoms with Gasteiger partial charge in [-0.2, -0.15) is 13.2 Å². The van der Waals surface area contributed by atoms with E-state index in [9.17, 15) is 18.0 Å². The number of rotatable bonds is 7. The van der Waals surface area contributed by atoms with Gasteiger partial charge in [0.2, 0.25) is 0 Å². The quantitative estimate of drug-likeness (QED) is 0.487. The van der Waals surface area contributed by atoms with Crippen molar-refractivity contribution in [3.63, 3.8) is 0 Å². The van der Waals surface area contributed by atoms with Crippen molar-refractivity contribution in [3.05, 3.63) is 58.9 Å². The van der Waals surface area contributed by atoms with Gasteiger partial charge in [-0.15, -0.1) is 0 Å². The molecule has 0 amide bonds. The van der Waals surface area contributed by atoms with Gasteiger partial charge in [0.1, 0.15) is 18.1 Å². The number of alkyl halides is 3. The third kappa shape index (κ3) is 5.48. The summed E-state index contributed by atoms with van der Waals surface area (Å²) in [4.78, 5) is 19.6. The Hall–Kier alpha value is -2.87. The summed E-state index contributed by atoms with van der Waals surface area (Å²) in [5.41, 5.74) is 0.0858. The van der Waals surface area contributed by atoms with Crippen molar-refractivity contribution in [2.24, 2.45) is 0 Å². The molecular formula is C24H26F3N3O2. The highest BCUT2D eigenvalue weighted by molar-refractivity contribution is 5.79. The van der Waals surface area contributed by atoms with Gasteiger partial charge in [-0.1, -0.05) is 18.6 Å². The molecule has 0 bridgehead atoms. The average molecular weight is 445 g/mol. The molecule has 2 aromatic carbocycles. The van der Waals surface area contributed by atoms with Gasteiger partial charge in [-0.3, -0.25) is 9.36 Å². The summed E-state index contributed by atoms with van der Waals surface area (Å²) < 4.78 is 46.0. The summed E-state index contributed by atoms with van der Waals surface area (Å²) in [6.45, 7) is 2.47. The Kier molecular flexibility index (Phi) is 6.79. The van der Waals surface area contributed by atoms with Crippen molar-refractivity contribution in [2.75, 3.05) is 26.2 Å². The van der Waals surface area contributed by atoms with Gasteiger partial charge in [0, 0.05) is 12.1 Å². The predicted molar refractivity (Wildman–Crippen MR) is 118 cm³/mol. The fourth-order valence-electron chi connectivity index (χ4n) is 4.08. The van der Waals surface area contributed by atoms with Crippen molar-refractivity contribution in [2.45, 2.75) is 38.4 Å². The molecule has 1 aliphatic heterocycles. The molecule has 1 fully saturated rings. The van der Waals surface area contributed by atoms with Crippen LogP contribution in [0.2, 0.25) is 0 Å². The molecule has 32 heavy (non-hydrogen) atoms. The first-order chi connectivity index (χ1) is 15.4. The van der Waals surface area contributed by atoms with Crippen LogP contribution >= 0.6 is 0 Å². The zero-order valence-electron chi connectivity index (χ0n) is 17.8. The summed E-state index contributed by atoms with van der Waals surface area (Å²) in [6, 6.07) is 13.1. The molecule has 170 valence electrons. The highest BCUT2D eigenvalue weighted by Gasteiger charge is 2.30. The van der Waals surface area contributed by atoms with E-state index in [0.29, 0.717) is 28.0 Å². The molecule has 0 radical (unpaired) electrons. The van der Waals surface area contributed by atoms with Crippen LogP contribution < -0.4 is 10.3 Å². The van der Waals surface area contributed by atoms with E-state index in [1.807, 2.05) is 0 Å². The van der Waals surface area contributed by atoms with Gasteiger partial charge in [-0.25, -0.2) is 4.98 Å². The molecule has 8 heteroatoms. The number of ether oxygens (including phenoxy) is 1. The van der Waals surface area contributed by atoms with Crippen LogP contribution in [0, 0.1) is 0 Å². The second kappa shape index (κ2) is 9.73. The number of fused-ring (bicyclic) bond motifs is 1. The predicted octanol–water partition coefficient (Wildman–Crippen LogP) is 4.88. The van der Waals surface area contributed by atoms with E-state index in [2.05, 4.69) is 9.88 Å². The van der Waals surface area contributed by atoms with Crippen molar-refractivity contribution in [1.82, 2.24) is 14.5 Å². The monoisotopic (exact) mass is 445 g/mol. The van der Waals surface area contributed by atoms with Crippen molar-refractivity contribution in [1.29, 1.82) is 0 Å². The van der Waals surface area contributed by atoms with Crippen LogP contribution in [0.4, 0.5) is 13.2 Å². The second-order valence-corrected chi connectivity index (χ2v) is 8.09. The molecule has 0 aliphatic carbocycles. The van der Waals surface area contributed by atoms with Crippen LogP contribution in [-0.4, -0.2) is 46.9 Å². The van der Waals surface area contributed by atoms with E-state index in [0.717, 1.165) is 26.1 Å². The van der Waals surface area contributed by atoms with E-state index in [4.69, 9.17) is 4.74 Å². The maximum Gasteiger partial charge on any atom is 0.406 e. The Morgan fingerprint density at radius 3 is 2.41 bits per heavy atom. The Labute approximate surface area is 184 Å². The van der Waals surface area contributed by atoms with E-state index in [1.165, 1.54) is 25.3 Å². The summed E-state index contributed by atoms with van der Waals surface area (Å²) in [5, 5.41) is 0.161. The zero-order valence-corrected chi connectivity index (χ0v) is 17.8. The first-order valence-corrected chi connectivity index (χ1v) is 10.9. The number of aromatic nitrogens is 2. The number of nitrogens with zero attached hydrogens (tertiary/aromatic N) is 3. The standard InChI is InChI=1S/C24H26F3N3O2/c25-24(26,27)17-30-22(28-21-8-3-2-7-20(21)23(30)31)18-9-11-19(12-10-18)32-16-6-15-29-13-4-1-5-14-29/h2-3,7-12H,1,4-6,13-17H2. The Balaban J connectivity index is 1.50. The van der Waals surface area contributed by atoms with Gasteiger partial charge < -0.3 is 9.64 Å². The second-order valence-electron chi connectivity index (χ2n) is 8.09. The molecule has 4 rings (SSSR count). The lowest BCUT2D eigenvalue weighted by atomic mass is 10.1. The third-order valence-corrected chi connectivity index (χ3v) is 5.65. The maximum absolute atomic E-state index is 13.2. The SMILES string of the molecule is O=c1c2ccccc2nc(-c2ccc(OCCCN3CCCCC3)cc2)n1CC(F)(F)F. The minimum atomic E-state index is -4.54. The Bertz CT molecular complexity index is 1100. The summed E-state index contributed by atoms with van der Waals surface area (Å²) in [6.07, 6.45) is 0.191. The number of likely N-dealkylation sites (tertiary alicyclic amines) is 1. The van der Waals surface area contributed by atoms with Crippen molar-refractivity contribution in [3.8, 4) is 17.1 Å². The molecule has 0 atom stereocenters. The highest BCUT2D eigenvalue weighted by Crippen LogP contribution is 2.25. The fourth-order valence-corrected chi connectivity index (χ4v) is 4.08. The third-order valence-electron chi connectivity index (χ3n) is 5.65. The largest absolute Gasteiger partial charge is 0.494 e. The minimum Gasteiger partial charge on any atom is -0.494 e. The molecule has 0 saturated carbocycles. The summed E-state index contributed by atoms with van der Waals surface area (Å²) >= 11 is 0. The molecule has 1 saturated heterocycles. The lowest BCUT2D eigenvalue weighted by Gasteiger charge is -2.26. The van der Waals surface area contributed by atoms with E-state index in [-0.39, 0.29) is 11.2 Å². The Morgan fingerprint density at radius 2 is 1.69 bits per heavy atom. The van der Waals surface area contributed by atoms with Crippen LogP contribution in [0.3, 0.4) is 0 Å². The summed E-state index contributed by atoms with van der Waals surface area (Å²) in [5.74, 6) is 0.626. The number of hydrogen-bond donors (Lipinski definition) is 0. The molecule has 5 nitrogen and oxygen atoms in total. The molecular weight excluding hydrogens is 419 g/mol. The molecule has 0 N–H and O–H groups in total. The molecule has 0 unspecified atom stereocenters. The van der Waals surface area contributed by atoms with Gasteiger partial charge >= 0.3 is 6.18 Å². The first-order valence-electron chi connectivity index (χ1n) is 10.9. The molecule has 0 spiro atoms. The zero-order chi connectivity index (χ0) is 22.6. The van der Waals surface area contributed by atoms with Crippen LogP contribution in [0.15, 0.2) is 53.3 Å².